The Balaban J connectivity index is 2.10. The van der Waals surface area contributed by atoms with Crippen LogP contribution < -0.4 is 4.74 Å². The second kappa shape index (κ2) is 6.24. The van der Waals surface area contributed by atoms with Crippen LogP contribution in [-0.4, -0.2) is 20.0 Å². The molecule has 20 heavy (non-hydrogen) atoms. The summed E-state index contributed by atoms with van der Waals surface area (Å²) in [5, 5.41) is 0. The number of aryl methyl sites for hydroxylation is 1. The van der Waals surface area contributed by atoms with Gasteiger partial charge in [-0.15, -0.1) is 0 Å². The third kappa shape index (κ3) is 3.95. The van der Waals surface area contributed by atoms with Crippen molar-refractivity contribution in [3.8, 4) is 5.75 Å². The van der Waals surface area contributed by atoms with E-state index in [1.165, 1.54) is 6.07 Å². The van der Waals surface area contributed by atoms with Crippen LogP contribution in [0.3, 0.4) is 0 Å². The first kappa shape index (κ1) is 14.8. The molecule has 106 valence electrons. The van der Waals surface area contributed by atoms with Gasteiger partial charge in [-0.05, 0) is 36.8 Å². The molecule has 4 nitrogen and oxygen atoms in total. The van der Waals surface area contributed by atoms with Crippen LogP contribution in [0, 0.1) is 6.92 Å². The zero-order valence-corrected chi connectivity index (χ0v) is 12.5. The Labute approximate surface area is 122 Å². The van der Waals surface area contributed by atoms with Crippen LogP contribution >= 0.6 is 10.7 Å². The average molecular weight is 312 g/mol. The van der Waals surface area contributed by atoms with E-state index in [1.807, 2.05) is 18.2 Å². The lowest BCUT2D eigenvalue weighted by Gasteiger charge is -2.10. The third-order valence-electron chi connectivity index (χ3n) is 2.70. The van der Waals surface area contributed by atoms with Gasteiger partial charge >= 0.3 is 0 Å². The Hall–Kier alpha value is -1.59. The van der Waals surface area contributed by atoms with Crippen molar-refractivity contribution in [2.45, 2.75) is 18.2 Å². The molecule has 6 heteroatoms. The Morgan fingerprint density at radius 3 is 2.70 bits per heavy atom. The van der Waals surface area contributed by atoms with Crippen molar-refractivity contribution in [1.82, 2.24) is 4.98 Å². The zero-order chi connectivity index (χ0) is 14.6. The van der Waals surface area contributed by atoms with Gasteiger partial charge in [0.15, 0.2) is 0 Å². The molecule has 1 heterocycles. The maximum Gasteiger partial charge on any atom is 0.264 e. The average Bonchev–Trinajstić information content (AvgIpc) is 2.40. The minimum Gasteiger partial charge on any atom is -0.492 e. The van der Waals surface area contributed by atoms with Crippen LogP contribution in [0.1, 0.15) is 11.3 Å². The van der Waals surface area contributed by atoms with Gasteiger partial charge in [0.05, 0.1) is 6.61 Å². The van der Waals surface area contributed by atoms with Gasteiger partial charge in [0.25, 0.3) is 9.05 Å². The Morgan fingerprint density at radius 1 is 1.25 bits per heavy atom. The molecule has 0 spiro atoms. The molecule has 0 aliphatic heterocycles. The zero-order valence-electron chi connectivity index (χ0n) is 10.9. The molecule has 0 bridgehead atoms. The second-order valence-electron chi connectivity index (χ2n) is 4.31. The number of pyridine rings is 1. The van der Waals surface area contributed by atoms with Crippen molar-refractivity contribution < 1.29 is 13.2 Å². The lowest BCUT2D eigenvalue weighted by atomic mass is 10.2. The highest BCUT2D eigenvalue weighted by Gasteiger charge is 2.17. The quantitative estimate of drug-likeness (QED) is 0.797. The van der Waals surface area contributed by atoms with Gasteiger partial charge in [-0.3, -0.25) is 4.98 Å². The van der Waals surface area contributed by atoms with Crippen molar-refractivity contribution in [3.63, 3.8) is 0 Å². The fourth-order valence-electron chi connectivity index (χ4n) is 1.74. The molecular formula is C14H14ClNO3S. The molecule has 0 fully saturated rings. The standard InChI is InChI=1S/C14H14ClNO3S/c1-11-5-6-13(14(10-11)20(15,17)18)19-9-7-12-4-2-3-8-16-12/h2-6,8,10H,7,9H2,1H3. The number of hydrogen-bond acceptors (Lipinski definition) is 4. The van der Waals surface area contributed by atoms with Gasteiger partial charge in [0.2, 0.25) is 0 Å². The fourth-order valence-corrected chi connectivity index (χ4v) is 2.79. The van der Waals surface area contributed by atoms with Crippen LogP contribution in [0.4, 0.5) is 0 Å². The van der Waals surface area contributed by atoms with Gasteiger partial charge in [-0.1, -0.05) is 12.1 Å². The summed E-state index contributed by atoms with van der Waals surface area (Å²) >= 11 is 0. The molecule has 0 radical (unpaired) electrons. The highest BCUT2D eigenvalue weighted by Crippen LogP contribution is 2.28. The number of hydrogen-bond donors (Lipinski definition) is 0. The summed E-state index contributed by atoms with van der Waals surface area (Å²) in [6, 6.07) is 10.5. The summed E-state index contributed by atoms with van der Waals surface area (Å²) in [6.07, 6.45) is 2.30. The molecule has 0 N–H and O–H groups in total. The normalized spacial score (nSPS) is 11.3. The van der Waals surface area contributed by atoms with Crippen LogP contribution in [-0.2, 0) is 15.5 Å². The first-order valence-corrected chi connectivity index (χ1v) is 8.36. The summed E-state index contributed by atoms with van der Waals surface area (Å²) in [7, 11) is 1.59. The van der Waals surface area contributed by atoms with E-state index in [1.54, 1.807) is 25.3 Å². The van der Waals surface area contributed by atoms with Crippen molar-refractivity contribution in [1.29, 1.82) is 0 Å². The summed E-state index contributed by atoms with van der Waals surface area (Å²) in [6.45, 7) is 2.13. The Kier molecular flexibility index (Phi) is 4.62. The molecule has 0 aliphatic rings. The van der Waals surface area contributed by atoms with E-state index in [9.17, 15) is 8.42 Å². The Morgan fingerprint density at radius 2 is 2.05 bits per heavy atom. The van der Waals surface area contributed by atoms with Gasteiger partial charge in [-0.2, -0.15) is 0 Å². The van der Waals surface area contributed by atoms with Crippen LogP contribution in [0.25, 0.3) is 0 Å². The van der Waals surface area contributed by atoms with Crippen molar-refractivity contribution in [2.75, 3.05) is 6.61 Å². The monoisotopic (exact) mass is 311 g/mol. The van der Waals surface area contributed by atoms with E-state index in [4.69, 9.17) is 15.4 Å². The topological polar surface area (TPSA) is 56.3 Å². The first-order chi connectivity index (χ1) is 9.47. The number of rotatable bonds is 5. The first-order valence-electron chi connectivity index (χ1n) is 6.05. The minimum absolute atomic E-state index is 0.000174. The Bertz CT molecular complexity index is 687. The summed E-state index contributed by atoms with van der Waals surface area (Å²) in [5.41, 5.74) is 1.69. The largest absolute Gasteiger partial charge is 0.492 e. The van der Waals surface area contributed by atoms with Crippen LogP contribution in [0.5, 0.6) is 5.75 Å². The molecule has 2 aromatic rings. The molecule has 0 saturated heterocycles. The minimum atomic E-state index is -3.82. The van der Waals surface area contributed by atoms with Crippen molar-refractivity contribution in [3.05, 3.63) is 53.9 Å². The van der Waals surface area contributed by atoms with E-state index >= 15 is 0 Å². The molecule has 0 aliphatic carbocycles. The van der Waals surface area contributed by atoms with E-state index < -0.39 is 9.05 Å². The molecule has 0 atom stereocenters. The van der Waals surface area contributed by atoms with Crippen LogP contribution in [0.2, 0.25) is 0 Å². The highest BCUT2D eigenvalue weighted by molar-refractivity contribution is 8.13. The van der Waals surface area contributed by atoms with Gasteiger partial charge in [0, 0.05) is 29.0 Å². The molecule has 2 rings (SSSR count). The predicted molar refractivity (Wildman–Crippen MR) is 77.7 cm³/mol. The van der Waals surface area contributed by atoms with Crippen molar-refractivity contribution in [2.24, 2.45) is 0 Å². The lowest BCUT2D eigenvalue weighted by molar-refractivity contribution is 0.312. The predicted octanol–water partition coefficient (Wildman–Crippen LogP) is 2.94. The molecule has 1 aromatic heterocycles. The molecule has 1 aromatic carbocycles. The maximum atomic E-state index is 11.5. The smallest absolute Gasteiger partial charge is 0.264 e. The maximum absolute atomic E-state index is 11.5. The highest BCUT2D eigenvalue weighted by atomic mass is 35.7. The number of halogens is 1. The van der Waals surface area contributed by atoms with E-state index in [-0.39, 0.29) is 10.6 Å². The number of benzene rings is 1. The summed E-state index contributed by atoms with van der Waals surface area (Å²) < 4.78 is 28.5. The second-order valence-corrected chi connectivity index (χ2v) is 6.84. The number of aromatic nitrogens is 1. The van der Waals surface area contributed by atoms with Crippen molar-refractivity contribution >= 4 is 19.7 Å². The molecular weight excluding hydrogens is 298 g/mol. The molecule has 0 amide bonds. The SMILES string of the molecule is Cc1ccc(OCCc2ccccn2)c(S(=O)(=O)Cl)c1. The number of nitrogens with zero attached hydrogens (tertiary/aromatic N) is 1. The van der Waals surface area contributed by atoms with E-state index in [0.717, 1.165) is 11.3 Å². The fraction of sp³-hybridized carbons (Fsp3) is 0.214. The van der Waals surface area contributed by atoms with E-state index in [2.05, 4.69) is 4.98 Å². The summed E-state index contributed by atoms with van der Waals surface area (Å²) in [4.78, 5) is 4.17. The van der Waals surface area contributed by atoms with Gasteiger partial charge in [0.1, 0.15) is 10.6 Å². The third-order valence-corrected chi connectivity index (χ3v) is 4.05. The molecule has 0 unspecified atom stereocenters. The van der Waals surface area contributed by atoms with Crippen LogP contribution in [0.15, 0.2) is 47.5 Å². The lowest BCUT2D eigenvalue weighted by Crippen LogP contribution is -2.05. The van der Waals surface area contributed by atoms with Gasteiger partial charge in [-0.25, -0.2) is 8.42 Å². The summed E-state index contributed by atoms with van der Waals surface area (Å²) in [5.74, 6) is 0.265. The van der Waals surface area contributed by atoms with Gasteiger partial charge < -0.3 is 4.74 Å². The molecule has 0 saturated carbocycles. The van der Waals surface area contributed by atoms with E-state index in [0.29, 0.717) is 13.0 Å². The number of ether oxygens (including phenoxy) is 1.